The number of aryl methyl sites for hydroxylation is 1. The molecule has 0 aliphatic rings. The van der Waals surface area contributed by atoms with Gasteiger partial charge in [-0.1, -0.05) is 6.92 Å². The van der Waals surface area contributed by atoms with E-state index in [1.54, 1.807) is 17.4 Å². The second kappa shape index (κ2) is 6.86. The molecular formula is C16H20FNOS. The molecular weight excluding hydrogens is 273 g/mol. The number of hydrogen-bond donors (Lipinski definition) is 1. The predicted molar refractivity (Wildman–Crippen MR) is 81.8 cm³/mol. The molecule has 20 heavy (non-hydrogen) atoms. The molecule has 0 bridgehead atoms. The Kier molecular flexibility index (Phi) is 5.15. The van der Waals surface area contributed by atoms with Crippen molar-refractivity contribution >= 4 is 11.3 Å². The minimum absolute atomic E-state index is 0.0208. The van der Waals surface area contributed by atoms with Crippen molar-refractivity contribution in [2.24, 2.45) is 5.73 Å². The van der Waals surface area contributed by atoms with Crippen molar-refractivity contribution in [3.8, 4) is 5.75 Å². The lowest BCUT2D eigenvalue weighted by Gasteiger charge is -2.12. The first-order valence-electron chi connectivity index (χ1n) is 6.83. The van der Waals surface area contributed by atoms with E-state index in [-0.39, 0.29) is 11.9 Å². The highest BCUT2D eigenvalue weighted by Gasteiger charge is 2.09. The lowest BCUT2D eigenvalue weighted by molar-refractivity contribution is 0.305. The predicted octanol–water partition coefficient (Wildman–Crippen LogP) is 3.92. The maximum absolute atomic E-state index is 13.3. The maximum atomic E-state index is 13.3. The van der Waals surface area contributed by atoms with Crippen molar-refractivity contribution in [1.82, 2.24) is 0 Å². The van der Waals surface area contributed by atoms with Crippen LogP contribution in [0.3, 0.4) is 0 Å². The summed E-state index contributed by atoms with van der Waals surface area (Å²) >= 11 is 1.75. The molecule has 0 spiro atoms. The second-order valence-electron chi connectivity index (χ2n) is 4.94. The molecule has 2 rings (SSSR count). The lowest BCUT2D eigenvalue weighted by atomic mass is 10.1. The minimum Gasteiger partial charge on any atom is -0.488 e. The van der Waals surface area contributed by atoms with E-state index < -0.39 is 0 Å². The third kappa shape index (κ3) is 4.05. The van der Waals surface area contributed by atoms with Crippen molar-refractivity contribution in [2.45, 2.75) is 39.3 Å². The molecule has 4 heteroatoms. The molecule has 0 saturated heterocycles. The van der Waals surface area contributed by atoms with Gasteiger partial charge in [0.25, 0.3) is 0 Å². The minimum atomic E-state index is -0.252. The third-order valence-corrected chi connectivity index (χ3v) is 4.20. The fraction of sp³-hybridized carbons (Fsp3) is 0.375. The van der Waals surface area contributed by atoms with Gasteiger partial charge < -0.3 is 10.5 Å². The summed E-state index contributed by atoms with van der Waals surface area (Å²) in [6.45, 7) is 4.56. The molecule has 2 nitrogen and oxygen atoms in total. The summed E-state index contributed by atoms with van der Waals surface area (Å²) in [5, 5.41) is 0. The zero-order chi connectivity index (χ0) is 14.5. The number of nitrogens with two attached hydrogens (primary N) is 1. The molecule has 1 aromatic carbocycles. The van der Waals surface area contributed by atoms with E-state index in [1.165, 1.54) is 21.9 Å². The highest BCUT2D eigenvalue weighted by molar-refractivity contribution is 7.11. The van der Waals surface area contributed by atoms with E-state index in [1.807, 2.05) is 6.92 Å². The molecule has 108 valence electrons. The van der Waals surface area contributed by atoms with Gasteiger partial charge in [0.1, 0.15) is 18.2 Å². The van der Waals surface area contributed by atoms with Gasteiger partial charge in [-0.2, -0.15) is 0 Å². The van der Waals surface area contributed by atoms with Crippen molar-refractivity contribution in [2.75, 3.05) is 0 Å². The van der Waals surface area contributed by atoms with Gasteiger partial charge in [-0.25, -0.2) is 4.39 Å². The summed E-state index contributed by atoms with van der Waals surface area (Å²) < 4.78 is 19.1. The van der Waals surface area contributed by atoms with Crippen LogP contribution in [0, 0.1) is 5.82 Å². The second-order valence-corrected chi connectivity index (χ2v) is 6.20. The van der Waals surface area contributed by atoms with Crippen LogP contribution in [0.5, 0.6) is 5.75 Å². The van der Waals surface area contributed by atoms with Crippen LogP contribution in [0.2, 0.25) is 0 Å². The van der Waals surface area contributed by atoms with E-state index in [9.17, 15) is 4.39 Å². The van der Waals surface area contributed by atoms with Gasteiger partial charge in [-0.3, -0.25) is 0 Å². The van der Waals surface area contributed by atoms with Crippen LogP contribution in [0.25, 0.3) is 0 Å². The summed E-state index contributed by atoms with van der Waals surface area (Å²) in [6, 6.07) is 8.79. The Morgan fingerprint density at radius 1 is 1.25 bits per heavy atom. The zero-order valence-corrected chi connectivity index (χ0v) is 12.7. The number of halogens is 1. The van der Waals surface area contributed by atoms with Gasteiger partial charge in [0.05, 0.1) is 0 Å². The van der Waals surface area contributed by atoms with Crippen LogP contribution < -0.4 is 10.5 Å². The summed E-state index contributed by atoms with van der Waals surface area (Å²) in [4.78, 5) is 2.52. The molecule has 0 radical (unpaired) electrons. The Bertz CT molecular complexity index is 565. The number of ether oxygens (including phenoxy) is 1. The van der Waals surface area contributed by atoms with Crippen molar-refractivity contribution < 1.29 is 9.13 Å². The smallest absolute Gasteiger partial charge is 0.123 e. The normalized spacial score (nSPS) is 12.4. The molecule has 1 unspecified atom stereocenters. The molecule has 0 amide bonds. The molecule has 2 aromatic rings. The molecule has 1 aromatic heterocycles. The number of rotatable bonds is 6. The van der Waals surface area contributed by atoms with E-state index in [4.69, 9.17) is 10.5 Å². The lowest BCUT2D eigenvalue weighted by Crippen LogP contribution is -2.18. The Balaban J connectivity index is 2.08. The highest BCUT2D eigenvalue weighted by atomic mass is 32.1. The standard InChI is InChI=1S/C16H20FNOS/c1-3-14-5-6-15(20-14)10-19-16-7-4-13(17)9-12(16)8-11(2)18/h4-7,9,11H,3,8,10,18H2,1-2H3. The van der Waals surface area contributed by atoms with E-state index in [0.29, 0.717) is 13.0 Å². The van der Waals surface area contributed by atoms with Gasteiger partial charge in [-0.05, 0) is 55.7 Å². The first-order valence-corrected chi connectivity index (χ1v) is 7.64. The number of thiophene rings is 1. The van der Waals surface area contributed by atoms with Crippen molar-refractivity contribution in [3.05, 3.63) is 51.5 Å². The van der Waals surface area contributed by atoms with E-state index in [2.05, 4.69) is 19.1 Å². The fourth-order valence-electron chi connectivity index (χ4n) is 2.03. The fourth-order valence-corrected chi connectivity index (χ4v) is 2.91. The van der Waals surface area contributed by atoms with Crippen LogP contribution in [0.15, 0.2) is 30.3 Å². The van der Waals surface area contributed by atoms with Crippen LogP contribution >= 0.6 is 11.3 Å². The van der Waals surface area contributed by atoms with E-state index >= 15 is 0 Å². The van der Waals surface area contributed by atoms with Crippen LogP contribution in [0.4, 0.5) is 4.39 Å². The Hall–Kier alpha value is -1.39. The number of hydrogen-bond acceptors (Lipinski definition) is 3. The SMILES string of the molecule is CCc1ccc(COc2ccc(F)cc2CC(C)N)s1. The largest absolute Gasteiger partial charge is 0.488 e. The van der Waals surface area contributed by atoms with Gasteiger partial charge in [0.15, 0.2) is 0 Å². The van der Waals surface area contributed by atoms with Crippen molar-refractivity contribution in [1.29, 1.82) is 0 Å². The molecule has 0 aliphatic carbocycles. The van der Waals surface area contributed by atoms with Crippen molar-refractivity contribution in [3.63, 3.8) is 0 Å². The summed E-state index contributed by atoms with van der Waals surface area (Å²) in [7, 11) is 0. The van der Waals surface area contributed by atoms with Crippen LogP contribution in [-0.4, -0.2) is 6.04 Å². The summed E-state index contributed by atoms with van der Waals surface area (Å²) in [5.74, 6) is 0.465. The quantitative estimate of drug-likeness (QED) is 0.876. The van der Waals surface area contributed by atoms with Gasteiger partial charge in [0.2, 0.25) is 0 Å². The Labute approximate surface area is 123 Å². The van der Waals surface area contributed by atoms with Crippen LogP contribution in [-0.2, 0) is 19.4 Å². The monoisotopic (exact) mass is 293 g/mol. The Morgan fingerprint density at radius 2 is 2.00 bits per heavy atom. The summed E-state index contributed by atoms with van der Waals surface area (Å²) in [5.41, 5.74) is 6.62. The topological polar surface area (TPSA) is 35.2 Å². The molecule has 1 atom stereocenters. The first kappa shape index (κ1) is 15.0. The summed E-state index contributed by atoms with van der Waals surface area (Å²) in [6.07, 6.45) is 1.65. The number of benzene rings is 1. The average Bonchev–Trinajstić information content (AvgIpc) is 2.85. The van der Waals surface area contributed by atoms with Gasteiger partial charge in [-0.15, -0.1) is 11.3 Å². The molecule has 2 N–H and O–H groups in total. The molecule has 1 heterocycles. The van der Waals surface area contributed by atoms with E-state index in [0.717, 1.165) is 17.7 Å². The molecule has 0 saturated carbocycles. The molecule has 0 aliphatic heterocycles. The Morgan fingerprint density at radius 3 is 2.65 bits per heavy atom. The van der Waals surface area contributed by atoms with Gasteiger partial charge in [0, 0.05) is 15.8 Å². The van der Waals surface area contributed by atoms with Crippen LogP contribution in [0.1, 0.15) is 29.2 Å². The first-order chi connectivity index (χ1) is 9.58. The molecule has 0 fully saturated rings. The average molecular weight is 293 g/mol. The maximum Gasteiger partial charge on any atom is 0.123 e. The zero-order valence-electron chi connectivity index (χ0n) is 11.9. The third-order valence-electron chi connectivity index (χ3n) is 3.00. The highest BCUT2D eigenvalue weighted by Crippen LogP contribution is 2.24. The van der Waals surface area contributed by atoms with Gasteiger partial charge >= 0.3 is 0 Å².